The zero-order valence-electron chi connectivity index (χ0n) is 13.4. The molecule has 3 unspecified atom stereocenters. The maximum Gasteiger partial charge on any atom is 0.290 e. The van der Waals surface area contributed by atoms with Crippen LogP contribution in [0.25, 0.3) is 10.4 Å². The second-order valence-electron chi connectivity index (χ2n) is 7.47. The molecule has 4 aliphatic rings. The lowest BCUT2D eigenvalue weighted by Gasteiger charge is -2.39. The predicted octanol–water partition coefficient (Wildman–Crippen LogP) is 3.43. The number of rotatable bonds is 2. The predicted molar refractivity (Wildman–Crippen MR) is 96.5 cm³/mol. The lowest BCUT2D eigenvalue weighted by molar-refractivity contribution is 0.0434. The number of ether oxygens (including phenoxy) is 1. The molecule has 3 atom stereocenters. The fourth-order valence-corrected chi connectivity index (χ4v) is 5.78. The minimum Gasteiger partial charge on any atom is -0.455 e. The molecule has 24 heavy (non-hydrogen) atoms. The Morgan fingerprint density at radius 2 is 2.12 bits per heavy atom. The molecular formula is C19H19N3OS. The molecule has 0 radical (unpaired) electrons. The van der Waals surface area contributed by atoms with Crippen LogP contribution in [0.15, 0.2) is 47.5 Å². The van der Waals surface area contributed by atoms with Gasteiger partial charge in [0.15, 0.2) is 0 Å². The first kappa shape index (κ1) is 13.4. The zero-order valence-corrected chi connectivity index (χ0v) is 14.2. The highest BCUT2D eigenvalue weighted by molar-refractivity contribution is 7.19. The van der Waals surface area contributed by atoms with E-state index in [1.807, 2.05) is 6.07 Å². The molecule has 3 aliphatic heterocycles. The van der Waals surface area contributed by atoms with E-state index in [1.165, 1.54) is 29.8 Å². The molecule has 4 heterocycles. The molecule has 2 saturated heterocycles. The standard InChI is InChI=1S/C19H19N3OS/c1-2-4-13(5-3-1)14-6-7-16(24-14)21-17-20-11-19(23-17)12-22-9-8-18(22)10-15(18)19/h1-7,15H,8-12H2,(H,20,21). The fraction of sp³-hybridized carbons (Fsp3) is 0.421. The number of aliphatic imine (C=N–C) groups is 1. The average Bonchev–Trinajstić information content (AvgIpc) is 2.98. The monoisotopic (exact) mass is 337 g/mol. The van der Waals surface area contributed by atoms with Crippen LogP contribution in [0.3, 0.4) is 0 Å². The van der Waals surface area contributed by atoms with E-state index < -0.39 is 0 Å². The summed E-state index contributed by atoms with van der Waals surface area (Å²) in [6, 6.07) is 15.5. The van der Waals surface area contributed by atoms with Crippen LogP contribution in [0.2, 0.25) is 0 Å². The molecule has 5 heteroatoms. The van der Waals surface area contributed by atoms with E-state index in [0.717, 1.165) is 18.1 Å². The zero-order chi connectivity index (χ0) is 15.8. The van der Waals surface area contributed by atoms with Gasteiger partial charge in [0, 0.05) is 29.4 Å². The number of hydrogen-bond acceptors (Lipinski definition) is 5. The molecule has 1 aliphatic carbocycles. The van der Waals surface area contributed by atoms with Gasteiger partial charge >= 0.3 is 0 Å². The quantitative estimate of drug-likeness (QED) is 0.912. The molecule has 0 bridgehead atoms. The first-order valence-corrected chi connectivity index (χ1v) is 9.50. The third kappa shape index (κ3) is 1.69. The number of thiophene rings is 1. The summed E-state index contributed by atoms with van der Waals surface area (Å²) >= 11 is 1.74. The van der Waals surface area contributed by atoms with Gasteiger partial charge in [0.05, 0.1) is 11.5 Å². The maximum atomic E-state index is 6.36. The van der Waals surface area contributed by atoms with E-state index in [-0.39, 0.29) is 5.60 Å². The second-order valence-corrected chi connectivity index (χ2v) is 8.56. The SMILES string of the molecule is c1ccc(-c2ccc(NC3=NCC4(CN5CCC56CC46)O3)s2)cc1. The Kier molecular flexibility index (Phi) is 2.47. The topological polar surface area (TPSA) is 36.9 Å². The molecule has 4 nitrogen and oxygen atoms in total. The fourth-order valence-electron chi connectivity index (χ4n) is 4.88. The summed E-state index contributed by atoms with van der Waals surface area (Å²) in [6.07, 6.45) is 2.67. The Morgan fingerprint density at radius 3 is 2.83 bits per heavy atom. The number of hydrogen-bond donors (Lipinski definition) is 1. The minimum absolute atomic E-state index is 0.0433. The van der Waals surface area contributed by atoms with Gasteiger partial charge in [0.2, 0.25) is 0 Å². The molecule has 1 aromatic carbocycles. The van der Waals surface area contributed by atoms with E-state index in [0.29, 0.717) is 17.5 Å². The van der Waals surface area contributed by atoms with Crippen LogP contribution in [0.5, 0.6) is 0 Å². The molecule has 1 N–H and O–H groups in total. The van der Waals surface area contributed by atoms with Gasteiger partial charge in [0.25, 0.3) is 6.02 Å². The number of amidine groups is 1. The third-order valence-corrected chi connectivity index (χ3v) is 7.32. The highest BCUT2D eigenvalue weighted by atomic mass is 32.1. The van der Waals surface area contributed by atoms with Gasteiger partial charge in [0.1, 0.15) is 5.60 Å². The van der Waals surface area contributed by atoms with E-state index in [1.54, 1.807) is 11.3 Å². The Bertz CT molecular complexity index is 847. The summed E-state index contributed by atoms with van der Waals surface area (Å²) in [7, 11) is 0. The van der Waals surface area contributed by atoms with Gasteiger partial charge < -0.3 is 10.1 Å². The number of anilines is 1. The van der Waals surface area contributed by atoms with Gasteiger partial charge in [-0.1, -0.05) is 30.3 Å². The van der Waals surface area contributed by atoms with Crippen molar-refractivity contribution in [2.45, 2.75) is 24.0 Å². The lowest BCUT2D eigenvalue weighted by atomic mass is 9.98. The summed E-state index contributed by atoms with van der Waals surface area (Å²) in [5.74, 6) is 0.699. The van der Waals surface area contributed by atoms with Crippen molar-refractivity contribution in [3.05, 3.63) is 42.5 Å². The average molecular weight is 337 g/mol. The van der Waals surface area contributed by atoms with Crippen molar-refractivity contribution < 1.29 is 4.74 Å². The van der Waals surface area contributed by atoms with Crippen molar-refractivity contribution in [2.75, 3.05) is 25.0 Å². The first-order chi connectivity index (χ1) is 11.8. The van der Waals surface area contributed by atoms with Crippen LogP contribution in [0, 0.1) is 5.92 Å². The Hall–Kier alpha value is -1.85. The van der Waals surface area contributed by atoms with Crippen molar-refractivity contribution in [3.8, 4) is 10.4 Å². The Balaban J connectivity index is 1.18. The van der Waals surface area contributed by atoms with E-state index >= 15 is 0 Å². The van der Waals surface area contributed by atoms with Crippen LogP contribution in [0.1, 0.15) is 12.8 Å². The van der Waals surface area contributed by atoms with E-state index in [2.05, 4.69) is 51.6 Å². The molecule has 3 fully saturated rings. The van der Waals surface area contributed by atoms with Crippen molar-refractivity contribution in [3.63, 3.8) is 0 Å². The van der Waals surface area contributed by atoms with Crippen LogP contribution < -0.4 is 5.32 Å². The summed E-state index contributed by atoms with van der Waals surface area (Å²) in [5.41, 5.74) is 1.72. The lowest BCUT2D eigenvalue weighted by Crippen LogP contribution is -2.49. The van der Waals surface area contributed by atoms with Crippen LogP contribution in [-0.4, -0.2) is 41.7 Å². The smallest absolute Gasteiger partial charge is 0.290 e. The number of benzene rings is 1. The third-order valence-electron chi connectivity index (χ3n) is 6.27. The van der Waals surface area contributed by atoms with Gasteiger partial charge in [-0.15, -0.1) is 11.3 Å². The normalized spacial score (nSPS) is 35.8. The summed E-state index contributed by atoms with van der Waals surface area (Å²) in [4.78, 5) is 8.56. The summed E-state index contributed by atoms with van der Waals surface area (Å²) < 4.78 is 6.36. The van der Waals surface area contributed by atoms with Crippen LogP contribution in [-0.2, 0) is 4.74 Å². The second kappa shape index (κ2) is 4.41. The highest BCUT2D eigenvalue weighted by Crippen LogP contribution is 2.67. The molecule has 2 spiro atoms. The molecule has 6 rings (SSSR count). The largest absolute Gasteiger partial charge is 0.455 e. The summed E-state index contributed by atoms with van der Waals surface area (Å²) in [5, 5.41) is 4.49. The number of nitrogens with zero attached hydrogens (tertiary/aromatic N) is 2. The van der Waals surface area contributed by atoms with Gasteiger partial charge in [-0.2, -0.15) is 0 Å². The van der Waals surface area contributed by atoms with Crippen LogP contribution >= 0.6 is 11.3 Å². The number of piperidine rings is 1. The summed E-state index contributed by atoms with van der Waals surface area (Å²) in [6.45, 7) is 3.12. The van der Waals surface area contributed by atoms with Crippen molar-refractivity contribution in [1.82, 2.24) is 4.90 Å². The van der Waals surface area contributed by atoms with Gasteiger partial charge in [-0.05, 0) is 30.5 Å². The van der Waals surface area contributed by atoms with Crippen LogP contribution in [0.4, 0.5) is 5.00 Å². The van der Waals surface area contributed by atoms with Gasteiger partial charge in [-0.3, -0.25) is 4.90 Å². The molecule has 1 saturated carbocycles. The van der Waals surface area contributed by atoms with Crippen molar-refractivity contribution in [1.29, 1.82) is 0 Å². The molecule has 2 aromatic rings. The van der Waals surface area contributed by atoms with Crippen molar-refractivity contribution >= 4 is 22.4 Å². The van der Waals surface area contributed by atoms with E-state index in [9.17, 15) is 0 Å². The maximum absolute atomic E-state index is 6.36. The van der Waals surface area contributed by atoms with Gasteiger partial charge in [-0.25, -0.2) is 4.99 Å². The van der Waals surface area contributed by atoms with Crippen molar-refractivity contribution in [2.24, 2.45) is 10.9 Å². The minimum atomic E-state index is -0.0433. The molecule has 1 aromatic heterocycles. The first-order valence-electron chi connectivity index (χ1n) is 8.68. The van der Waals surface area contributed by atoms with E-state index in [4.69, 9.17) is 4.74 Å². The number of nitrogens with one attached hydrogen (secondary N) is 1. The molecule has 0 amide bonds. The highest BCUT2D eigenvalue weighted by Gasteiger charge is 2.77. The number of fused-ring (bicyclic) bond motifs is 1. The molecule has 122 valence electrons. The Morgan fingerprint density at radius 1 is 1.21 bits per heavy atom. The molecular weight excluding hydrogens is 318 g/mol. The Labute approximate surface area is 145 Å².